The molecule has 96 valence electrons. The highest BCUT2D eigenvalue weighted by Crippen LogP contribution is 2.18. The van der Waals surface area contributed by atoms with Crippen molar-refractivity contribution in [3.63, 3.8) is 0 Å². The largest absolute Gasteiger partial charge is 0.334 e. The molecular weight excluding hydrogens is 264 g/mol. The number of H-pyrrole nitrogens is 1. The van der Waals surface area contributed by atoms with E-state index in [9.17, 15) is 8.42 Å². The summed E-state index contributed by atoms with van der Waals surface area (Å²) < 4.78 is 26.4. The summed E-state index contributed by atoms with van der Waals surface area (Å²) in [5, 5.41) is 0.882. The maximum Gasteiger partial charge on any atom is 0.279 e. The molecule has 2 aromatic heterocycles. The molecular formula is C12H10N4O2S. The number of hydrogen-bond acceptors (Lipinski definition) is 4. The Labute approximate surface area is 109 Å². The summed E-state index contributed by atoms with van der Waals surface area (Å²) in [6, 6.07) is 9.22. The lowest BCUT2D eigenvalue weighted by Gasteiger charge is -2.06. The number of aromatic amines is 1. The summed E-state index contributed by atoms with van der Waals surface area (Å²) in [7, 11) is -3.65. The van der Waals surface area contributed by atoms with Crippen molar-refractivity contribution in [3.8, 4) is 0 Å². The normalized spacial score (nSPS) is 11.6. The van der Waals surface area contributed by atoms with Gasteiger partial charge in [-0.2, -0.15) is 8.42 Å². The van der Waals surface area contributed by atoms with E-state index in [1.165, 1.54) is 18.7 Å². The Morgan fingerprint density at radius 2 is 2.00 bits per heavy atom. The van der Waals surface area contributed by atoms with Crippen LogP contribution < -0.4 is 4.72 Å². The fourth-order valence-corrected chi connectivity index (χ4v) is 2.67. The van der Waals surface area contributed by atoms with Gasteiger partial charge in [0.1, 0.15) is 0 Å². The third kappa shape index (κ3) is 2.27. The van der Waals surface area contributed by atoms with Crippen LogP contribution in [0, 0.1) is 0 Å². The second-order valence-corrected chi connectivity index (χ2v) is 5.59. The Hall–Kier alpha value is -2.41. The summed E-state index contributed by atoms with van der Waals surface area (Å²) in [4.78, 5) is 10.4. The number of benzene rings is 1. The van der Waals surface area contributed by atoms with Gasteiger partial charge in [0.15, 0.2) is 5.03 Å². The quantitative estimate of drug-likeness (QED) is 0.761. The van der Waals surface area contributed by atoms with Gasteiger partial charge in [-0.15, -0.1) is 0 Å². The number of nitrogens with zero attached hydrogens (tertiary/aromatic N) is 2. The predicted molar refractivity (Wildman–Crippen MR) is 71.1 cm³/mol. The molecule has 0 aliphatic carbocycles. The maximum absolute atomic E-state index is 12.0. The van der Waals surface area contributed by atoms with E-state index in [1.807, 2.05) is 24.3 Å². The van der Waals surface area contributed by atoms with Crippen molar-refractivity contribution >= 4 is 26.6 Å². The molecule has 3 rings (SSSR count). The van der Waals surface area contributed by atoms with Crippen LogP contribution in [0.15, 0.2) is 54.1 Å². The van der Waals surface area contributed by atoms with Crippen molar-refractivity contribution in [3.05, 3.63) is 49.1 Å². The summed E-state index contributed by atoms with van der Waals surface area (Å²) in [5.41, 5.74) is 1.22. The number of rotatable bonds is 3. The van der Waals surface area contributed by atoms with Gasteiger partial charge in [-0.25, -0.2) is 4.98 Å². The monoisotopic (exact) mass is 274 g/mol. The van der Waals surface area contributed by atoms with Crippen molar-refractivity contribution in [1.82, 2.24) is 15.0 Å². The van der Waals surface area contributed by atoms with Gasteiger partial charge >= 0.3 is 0 Å². The Kier molecular flexibility index (Phi) is 2.68. The average molecular weight is 274 g/mol. The second kappa shape index (κ2) is 4.36. The molecule has 0 saturated carbocycles. The number of imidazole rings is 1. The summed E-state index contributed by atoms with van der Waals surface area (Å²) >= 11 is 0. The second-order valence-electron chi connectivity index (χ2n) is 3.94. The molecule has 2 N–H and O–H groups in total. The van der Waals surface area contributed by atoms with E-state index in [1.54, 1.807) is 6.07 Å². The number of anilines is 1. The fourth-order valence-electron chi connectivity index (χ4n) is 1.73. The molecule has 1 aromatic carbocycles. The summed E-state index contributed by atoms with van der Waals surface area (Å²) in [5.74, 6) is 0. The van der Waals surface area contributed by atoms with E-state index in [0.717, 1.165) is 10.9 Å². The molecule has 0 saturated heterocycles. The zero-order valence-electron chi connectivity index (χ0n) is 9.74. The summed E-state index contributed by atoms with van der Waals surface area (Å²) in [6.45, 7) is 0. The van der Waals surface area contributed by atoms with Crippen LogP contribution in [0.1, 0.15) is 0 Å². The highest BCUT2D eigenvalue weighted by molar-refractivity contribution is 7.92. The molecule has 3 aromatic rings. The van der Waals surface area contributed by atoms with Crippen LogP contribution in [0.5, 0.6) is 0 Å². The highest BCUT2D eigenvalue weighted by atomic mass is 32.2. The van der Waals surface area contributed by atoms with E-state index in [4.69, 9.17) is 0 Å². The molecule has 2 heterocycles. The van der Waals surface area contributed by atoms with Gasteiger partial charge in [0.05, 0.1) is 29.9 Å². The Morgan fingerprint density at radius 3 is 2.79 bits per heavy atom. The van der Waals surface area contributed by atoms with Gasteiger partial charge in [-0.1, -0.05) is 18.2 Å². The zero-order chi connectivity index (χ0) is 13.3. The third-order valence-corrected chi connectivity index (χ3v) is 3.91. The smallest absolute Gasteiger partial charge is 0.279 e. The average Bonchev–Trinajstić information content (AvgIpc) is 2.93. The molecule has 6 nitrogen and oxygen atoms in total. The molecule has 0 aliphatic heterocycles. The van der Waals surface area contributed by atoms with Gasteiger partial charge in [0.2, 0.25) is 0 Å². The highest BCUT2D eigenvalue weighted by Gasteiger charge is 2.15. The lowest BCUT2D eigenvalue weighted by Crippen LogP contribution is -2.13. The van der Waals surface area contributed by atoms with Gasteiger partial charge in [0, 0.05) is 5.39 Å². The topological polar surface area (TPSA) is 87.7 Å². The number of fused-ring (bicyclic) bond motifs is 1. The van der Waals surface area contributed by atoms with Crippen LogP contribution in [0.4, 0.5) is 5.69 Å². The molecule has 0 aliphatic rings. The Morgan fingerprint density at radius 1 is 1.16 bits per heavy atom. The molecule has 0 amide bonds. The fraction of sp³-hybridized carbons (Fsp3) is 0. The van der Waals surface area contributed by atoms with Crippen molar-refractivity contribution < 1.29 is 8.42 Å². The minimum absolute atomic E-state index is 0.0145. The number of sulfonamides is 1. The minimum atomic E-state index is -3.65. The zero-order valence-corrected chi connectivity index (χ0v) is 10.6. The van der Waals surface area contributed by atoms with Crippen LogP contribution in [0.25, 0.3) is 10.9 Å². The van der Waals surface area contributed by atoms with E-state index in [2.05, 4.69) is 19.7 Å². The molecule has 0 radical (unpaired) electrons. The molecule has 7 heteroatoms. The number of nitrogens with one attached hydrogen (secondary N) is 2. The van der Waals surface area contributed by atoms with Crippen LogP contribution in [0.2, 0.25) is 0 Å². The van der Waals surface area contributed by atoms with Crippen molar-refractivity contribution in [2.75, 3.05) is 4.72 Å². The molecule has 0 atom stereocenters. The molecule has 19 heavy (non-hydrogen) atoms. The first kappa shape index (κ1) is 11.7. The van der Waals surface area contributed by atoms with E-state index in [-0.39, 0.29) is 5.03 Å². The number of pyridine rings is 1. The first-order valence-electron chi connectivity index (χ1n) is 5.51. The SMILES string of the molecule is O=S(=O)(Nc1cnc2ccccc2c1)c1cnc[nH]1. The Balaban J connectivity index is 1.98. The van der Waals surface area contributed by atoms with E-state index < -0.39 is 10.0 Å². The third-order valence-electron chi connectivity index (χ3n) is 2.61. The first-order chi connectivity index (χ1) is 9.15. The van der Waals surface area contributed by atoms with Crippen molar-refractivity contribution in [2.45, 2.75) is 5.03 Å². The van der Waals surface area contributed by atoms with Crippen molar-refractivity contribution in [1.29, 1.82) is 0 Å². The lowest BCUT2D eigenvalue weighted by atomic mass is 10.2. The molecule has 0 bridgehead atoms. The number of para-hydroxylation sites is 1. The van der Waals surface area contributed by atoms with E-state index >= 15 is 0 Å². The Bertz CT molecular complexity index is 813. The first-order valence-corrected chi connectivity index (χ1v) is 6.99. The van der Waals surface area contributed by atoms with Gasteiger partial charge in [-0.3, -0.25) is 9.71 Å². The molecule has 0 spiro atoms. The molecule has 0 fully saturated rings. The maximum atomic E-state index is 12.0. The molecule has 0 unspecified atom stereocenters. The van der Waals surface area contributed by atoms with Crippen molar-refractivity contribution in [2.24, 2.45) is 0 Å². The number of hydrogen-bond donors (Lipinski definition) is 2. The van der Waals surface area contributed by atoms with Gasteiger partial charge < -0.3 is 4.98 Å². The van der Waals surface area contributed by atoms with E-state index in [0.29, 0.717) is 5.69 Å². The number of aromatic nitrogens is 3. The van der Waals surface area contributed by atoms with Crippen LogP contribution in [-0.2, 0) is 10.0 Å². The standard InChI is InChI=1S/C12H10N4O2S/c17-19(18,12-7-13-8-15-12)16-10-5-9-3-1-2-4-11(9)14-6-10/h1-8,16H,(H,13,15). The minimum Gasteiger partial charge on any atom is -0.334 e. The van der Waals surface area contributed by atoms with Crippen LogP contribution in [0.3, 0.4) is 0 Å². The predicted octanol–water partition coefficient (Wildman–Crippen LogP) is 1.76. The van der Waals surface area contributed by atoms with Crippen LogP contribution >= 0.6 is 0 Å². The summed E-state index contributed by atoms with van der Waals surface area (Å²) in [6.07, 6.45) is 4.04. The van der Waals surface area contributed by atoms with Gasteiger partial charge in [-0.05, 0) is 12.1 Å². The lowest BCUT2D eigenvalue weighted by molar-refractivity contribution is 0.598. The van der Waals surface area contributed by atoms with Gasteiger partial charge in [0.25, 0.3) is 10.0 Å². The van der Waals surface area contributed by atoms with Crippen LogP contribution in [-0.4, -0.2) is 23.4 Å².